The largest absolute Gasteiger partial charge is 0.486 e. The van der Waals surface area contributed by atoms with Crippen LogP contribution in [0.25, 0.3) is 0 Å². The average Bonchev–Trinajstić information content (AvgIpc) is 3.36. The molecule has 0 saturated carbocycles. The second-order valence-corrected chi connectivity index (χ2v) is 7.13. The van der Waals surface area contributed by atoms with Crippen LogP contribution in [-0.4, -0.2) is 36.5 Å². The van der Waals surface area contributed by atoms with Crippen LogP contribution in [-0.2, 0) is 16.1 Å². The first-order valence-electron chi connectivity index (χ1n) is 9.64. The molecular weight excluding hydrogens is 360 g/mol. The van der Waals surface area contributed by atoms with Crippen molar-refractivity contribution in [3.05, 3.63) is 47.9 Å². The number of furan rings is 1. The van der Waals surface area contributed by atoms with Gasteiger partial charge in [0.15, 0.2) is 11.5 Å². The summed E-state index contributed by atoms with van der Waals surface area (Å²) in [6, 6.07) is 9.23. The van der Waals surface area contributed by atoms with Crippen molar-refractivity contribution in [3.8, 4) is 11.5 Å². The minimum Gasteiger partial charge on any atom is -0.486 e. The summed E-state index contributed by atoms with van der Waals surface area (Å²) in [5.41, 5.74) is 0.969. The quantitative estimate of drug-likeness (QED) is 0.828. The fraction of sp³-hybridized carbons (Fsp3) is 0.429. The lowest BCUT2D eigenvalue weighted by Crippen LogP contribution is -2.35. The van der Waals surface area contributed by atoms with E-state index < -0.39 is 0 Å². The molecule has 148 valence electrons. The summed E-state index contributed by atoms with van der Waals surface area (Å²) in [6.07, 6.45) is 2.55. The molecule has 2 aromatic rings. The lowest BCUT2D eigenvalue weighted by Gasteiger charge is -2.23. The molecule has 2 atom stereocenters. The van der Waals surface area contributed by atoms with Crippen molar-refractivity contribution in [2.75, 3.05) is 19.8 Å². The van der Waals surface area contributed by atoms with Gasteiger partial charge in [0.1, 0.15) is 19.0 Å². The molecule has 1 saturated heterocycles. The summed E-state index contributed by atoms with van der Waals surface area (Å²) in [5.74, 6) is 1.68. The number of nitrogens with zero attached hydrogens (tertiary/aromatic N) is 1. The molecule has 0 aliphatic carbocycles. The van der Waals surface area contributed by atoms with Gasteiger partial charge < -0.3 is 24.1 Å². The number of amides is 2. The molecule has 1 aromatic carbocycles. The Morgan fingerprint density at radius 2 is 2.07 bits per heavy atom. The third-order valence-electron chi connectivity index (χ3n) is 5.21. The fourth-order valence-corrected chi connectivity index (χ4v) is 3.68. The van der Waals surface area contributed by atoms with E-state index in [1.54, 1.807) is 17.2 Å². The number of fused-ring (bicyclic) bond motifs is 1. The number of hydrogen-bond donors (Lipinski definition) is 1. The highest BCUT2D eigenvalue weighted by molar-refractivity contribution is 5.89. The first-order chi connectivity index (χ1) is 13.6. The van der Waals surface area contributed by atoms with Crippen molar-refractivity contribution in [2.24, 2.45) is 5.92 Å². The molecule has 0 radical (unpaired) electrons. The van der Waals surface area contributed by atoms with Crippen molar-refractivity contribution < 1.29 is 23.5 Å². The van der Waals surface area contributed by atoms with E-state index in [0.717, 1.165) is 23.5 Å². The van der Waals surface area contributed by atoms with Crippen molar-refractivity contribution in [2.45, 2.75) is 32.4 Å². The summed E-state index contributed by atoms with van der Waals surface area (Å²) in [6.45, 7) is 3.89. The van der Waals surface area contributed by atoms with Gasteiger partial charge in [-0.05, 0) is 36.2 Å². The van der Waals surface area contributed by atoms with Crippen molar-refractivity contribution >= 4 is 11.8 Å². The zero-order chi connectivity index (χ0) is 19.5. The van der Waals surface area contributed by atoms with E-state index in [0.29, 0.717) is 32.1 Å². The maximum Gasteiger partial charge on any atom is 0.225 e. The predicted octanol–water partition coefficient (Wildman–Crippen LogP) is 2.67. The monoisotopic (exact) mass is 384 g/mol. The van der Waals surface area contributed by atoms with Crippen LogP contribution in [0.1, 0.15) is 37.1 Å². The Labute approximate surface area is 163 Å². The van der Waals surface area contributed by atoms with Crippen molar-refractivity contribution in [1.29, 1.82) is 0 Å². The third kappa shape index (κ3) is 3.83. The first-order valence-corrected chi connectivity index (χ1v) is 9.64. The minimum atomic E-state index is -0.353. The van der Waals surface area contributed by atoms with Gasteiger partial charge in [0.2, 0.25) is 11.8 Å². The lowest BCUT2D eigenvalue weighted by molar-refractivity contribution is -0.129. The Morgan fingerprint density at radius 3 is 2.82 bits per heavy atom. The first kappa shape index (κ1) is 18.4. The van der Waals surface area contributed by atoms with E-state index in [-0.39, 0.29) is 30.2 Å². The Kier molecular flexibility index (Phi) is 5.23. The molecule has 1 fully saturated rings. The second kappa shape index (κ2) is 7.96. The lowest BCUT2D eigenvalue weighted by atomic mass is 10.0. The van der Waals surface area contributed by atoms with Gasteiger partial charge in [-0.1, -0.05) is 13.0 Å². The molecule has 0 unspecified atom stereocenters. The summed E-state index contributed by atoms with van der Waals surface area (Å²) in [7, 11) is 0. The molecule has 2 aliphatic heterocycles. The van der Waals surface area contributed by atoms with Crippen molar-refractivity contribution in [1.82, 2.24) is 10.2 Å². The van der Waals surface area contributed by atoms with Crippen molar-refractivity contribution in [3.63, 3.8) is 0 Å². The standard InChI is InChI=1S/C21H24N2O5/c1-2-17(14-5-6-18-19(10-14)28-9-8-27-18)22-21(25)15-11-20(24)23(12-15)13-16-4-3-7-26-16/h3-7,10,15,17H,2,8-9,11-13H2,1H3,(H,22,25)/t15-,17+/m1/s1. The SMILES string of the molecule is CC[C@H](NC(=O)[C@@H]1CC(=O)N(Cc2ccco2)C1)c1ccc2c(c1)OCCO2. The van der Waals surface area contributed by atoms with E-state index in [4.69, 9.17) is 13.9 Å². The van der Waals surface area contributed by atoms with Crippen LogP contribution in [0.4, 0.5) is 0 Å². The molecule has 2 amide bonds. The van der Waals surface area contributed by atoms with Gasteiger partial charge in [-0.15, -0.1) is 0 Å². The highest BCUT2D eigenvalue weighted by Gasteiger charge is 2.35. The van der Waals surface area contributed by atoms with Gasteiger partial charge in [0, 0.05) is 13.0 Å². The Hall–Kier alpha value is -2.96. The summed E-state index contributed by atoms with van der Waals surface area (Å²) in [4.78, 5) is 26.8. The van der Waals surface area contributed by atoms with Crippen LogP contribution in [0.5, 0.6) is 11.5 Å². The molecule has 1 aromatic heterocycles. The molecule has 4 rings (SSSR count). The van der Waals surface area contributed by atoms with E-state index in [2.05, 4.69) is 5.32 Å². The van der Waals surface area contributed by atoms with Crippen LogP contribution in [0, 0.1) is 5.92 Å². The number of carbonyl (C=O) groups is 2. The van der Waals surface area contributed by atoms with Gasteiger partial charge in [0.05, 0.1) is 24.8 Å². The number of likely N-dealkylation sites (tertiary alicyclic amines) is 1. The molecule has 2 aliphatic rings. The zero-order valence-corrected chi connectivity index (χ0v) is 15.8. The van der Waals surface area contributed by atoms with Gasteiger partial charge in [0.25, 0.3) is 0 Å². The number of ether oxygens (including phenoxy) is 2. The van der Waals surface area contributed by atoms with Gasteiger partial charge >= 0.3 is 0 Å². The number of nitrogens with one attached hydrogen (secondary N) is 1. The van der Waals surface area contributed by atoms with Crippen LogP contribution >= 0.6 is 0 Å². The maximum absolute atomic E-state index is 12.8. The highest BCUT2D eigenvalue weighted by atomic mass is 16.6. The van der Waals surface area contributed by atoms with Crippen LogP contribution < -0.4 is 14.8 Å². The smallest absolute Gasteiger partial charge is 0.225 e. The predicted molar refractivity (Wildman–Crippen MR) is 101 cm³/mol. The summed E-state index contributed by atoms with van der Waals surface area (Å²) >= 11 is 0. The van der Waals surface area contributed by atoms with Crippen LogP contribution in [0.2, 0.25) is 0 Å². The van der Waals surface area contributed by atoms with Gasteiger partial charge in [-0.3, -0.25) is 9.59 Å². The normalized spacial score (nSPS) is 19.5. The minimum absolute atomic E-state index is 0.0241. The fourth-order valence-electron chi connectivity index (χ4n) is 3.68. The molecule has 7 nitrogen and oxygen atoms in total. The van der Waals surface area contributed by atoms with Gasteiger partial charge in [-0.2, -0.15) is 0 Å². The topological polar surface area (TPSA) is 81.0 Å². The number of benzene rings is 1. The van der Waals surface area contributed by atoms with E-state index in [1.165, 1.54) is 0 Å². The van der Waals surface area contributed by atoms with E-state index >= 15 is 0 Å². The molecule has 0 bridgehead atoms. The third-order valence-corrected chi connectivity index (χ3v) is 5.21. The zero-order valence-electron chi connectivity index (χ0n) is 15.8. The Bertz CT molecular complexity index is 848. The number of carbonyl (C=O) groups excluding carboxylic acids is 2. The molecular formula is C21H24N2O5. The number of hydrogen-bond acceptors (Lipinski definition) is 5. The molecule has 7 heteroatoms. The highest BCUT2D eigenvalue weighted by Crippen LogP contribution is 2.33. The average molecular weight is 384 g/mol. The Balaban J connectivity index is 1.40. The van der Waals surface area contributed by atoms with E-state index in [9.17, 15) is 9.59 Å². The van der Waals surface area contributed by atoms with E-state index in [1.807, 2.05) is 31.2 Å². The summed E-state index contributed by atoms with van der Waals surface area (Å²) < 4.78 is 16.5. The number of rotatable bonds is 6. The summed E-state index contributed by atoms with van der Waals surface area (Å²) in [5, 5.41) is 3.09. The molecule has 3 heterocycles. The molecule has 1 N–H and O–H groups in total. The maximum atomic E-state index is 12.8. The second-order valence-electron chi connectivity index (χ2n) is 7.13. The van der Waals surface area contributed by atoms with Crippen LogP contribution in [0.15, 0.2) is 41.0 Å². The van der Waals surface area contributed by atoms with Gasteiger partial charge in [-0.25, -0.2) is 0 Å². The van der Waals surface area contributed by atoms with Crippen LogP contribution in [0.3, 0.4) is 0 Å². The Morgan fingerprint density at radius 1 is 1.25 bits per heavy atom. The molecule has 0 spiro atoms. The molecule has 28 heavy (non-hydrogen) atoms.